The number of hydrogen-bond donors (Lipinski definition) is 1. The molecule has 0 aliphatic rings. The van der Waals surface area contributed by atoms with Crippen LogP contribution in [0.4, 0.5) is 5.69 Å². The highest BCUT2D eigenvalue weighted by molar-refractivity contribution is 7.00. The Hall–Kier alpha value is -2.22. The van der Waals surface area contributed by atoms with E-state index in [4.69, 9.17) is 27.9 Å². The summed E-state index contributed by atoms with van der Waals surface area (Å²) in [6.07, 6.45) is 0. The number of carbonyl (C=O) groups excluding carboxylic acids is 2. The van der Waals surface area contributed by atoms with Crippen LogP contribution in [0.5, 0.6) is 0 Å². The van der Waals surface area contributed by atoms with Gasteiger partial charge in [0.1, 0.15) is 11.0 Å². The summed E-state index contributed by atoms with van der Waals surface area (Å²) >= 11 is 12.7. The third-order valence-electron chi connectivity index (χ3n) is 3.05. The van der Waals surface area contributed by atoms with Crippen LogP contribution in [0, 0.1) is 0 Å². The Morgan fingerprint density at radius 1 is 1.17 bits per heavy atom. The second kappa shape index (κ2) is 7.12. The maximum Gasteiger partial charge on any atom is 0.340 e. The molecule has 122 valence electrons. The molecule has 0 atom stereocenters. The topological polar surface area (TPSA) is 81.2 Å². The van der Waals surface area contributed by atoms with Gasteiger partial charge >= 0.3 is 5.97 Å². The standard InChI is InChI=1S/C15H9Cl2N3O3S/c16-8-4-5-9(10(17)6-8)15(22)23-7-13(21)18-11-2-1-3-12-14(11)20-24-19-12/h1-6H,7H2,(H,18,21). The van der Waals surface area contributed by atoms with Crippen molar-refractivity contribution in [1.82, 2.24) is 8.75 Å². The predicted octanol–water partition coefficient (Wildman–Crippen LogP) is 3.79. The van der Waals surface area contributed by atoms with Crippen LogP contribution in [0.15, 0.2) is 36.4 Å². The zero-order valence-electron chi connectivity index (χ0n) is 12.0. The molecule has 0 spiro atoms. The Labute approximate surface area is 150 Å². The van der Waals surface area contributed by atoms with Gasteiger partial charge in [0.05, 0.1) is 28.0 Å². The van der Waals surface area contributed by atoms with Crippen molar-refractivity contribution in [2.24, 2.45) is 0 Å². The highest BCUT2D eigenvalue weighted by atomic mass is 35.5. The summed E-state index contributed by atoms with van der Waals surface area (Å²) in [4.78, 5) is 23.9. The van der Waals surface area contributed by atoms with Crippen LogP contribution in [0.25, 0.3) is 11.0 Å². The molecule has 9 heteroatoms. The van der Waals surface area contributed by atoms with Crippen LogP contribution in [-0.4, -0.2) is 27.2 Å². The second-order valence-electron chi connectivity index (χ2n) is 4.69. The number of rotatable bonds is 4. The molecular weight excluding hydrogens is 373 g/mol. The van der Waals surface area contributed by atoms with Crippen molar-refractivity contribution < 1.29 is 14.3 Å². The molecule has 0 aliphatic carbocycles. The van der Waals surface area contributed by atoms with E-state index in [1.54, 1.807) is 18.2 Å². The van der Waals surface area contributed by atoms with Gasteiger partial charge < -0.3 is 10.1 Å². The highest BCUT2D eigenvalue weighted by Gasteiger charge is 2.15. The monoisotopic (exact) mass is 381 g/mol. The number of halogens is 2. The molecule has 1 amide bonds. The van der Waals surface area contributed by atoms with E-state index in [-0.39, 0.29) is 10.6 Å². The fourth-order valence-corrected chi connectivity index (χ4v) is 2.99. The van der Waals surface area contributed by atoms with Crippen LogP contribution in [0.3, 0.4) is 0 Å². The van der Waals surface area contributed by atoms with Gasteiger partial charge in [0, 0.05) is 5.02 Å². The van der Waals surface area contributed by atoms with Crippen molar-refractivity contribution in [2.45, 2.75) is 0 Å². The number of nitrogens with zero attached hydrogens (tertiary/aromatic N) is 2. The number of anilines is 1. The largest absolute Gasteiger partial charge is 0.452 e. The lowest BCUT2D eigenvalue weighted by Gasteiger charge is -2.08. The minimum absolute atomic E-state index is 0.139. The number of benzene rings is 2. The van der Waals surface area contributed by atoms with Gasteiger partial charge in [0.25, 0.3) is 5.91 Å². The van der Waals surface area contributed by atoms with Crippen LogP contribution < -0.4 is 5.32 Å². The fourth-order valence-electron chi connectivity index (χ4n) is 1.96. The van der Waals surface area contributed by atoms with E-state index in [2.05, 4.69) is 14.1 Å². The SMILES string of the molecule is O=C(COC(=O)c1ccc(Cl)cc1Cl)Nc1cccc2nsnc12. The average molecular weight is 382 g/mol. The van der Waals surface area contributed by atoms with Gasteiger partial charge in [0.2, 0.25) is 0 Å². The van der Waals surface area contributed by atoms with Crippen molar-refractivity contribution in [3.8, 4) is 0 Å². The summed E-state index contributed by atoms with van der Waals surface area (Å²) in [5.41, 5.74) is 1.91. The lowest BCUT2D eigenvalue weighted by molar-refractivity contribution is -0.119. The van der Waals surface area contributed by atoms with E-state index in [1.807, 2.05) is 0 Å². The molecule has 1 N–H and O–H groups in total. The number of hydrogen-bond acceptors (Lipinski definition) is 6. The Bertz CT molecular complexity index is 929. The summed E-state index contributed by atoms with van der Waals surface area (Å²) in [5, 5.41) is 3.20. The predicted molar refractivity (Wildman–Crippen MR) is 92.8 cm³/mol. The number of nitrogens with one attached hydrogen (secondary N) is 1. The summed E-state index contributed by atoms with van der Waals surface area (Å²) in [6, 6.07) is 9.61. The smallest absolute Gasteiger partial charge is 0.340 e. The van der Waals surface area contributed by atoms with Crippen molar-refractivity contribution in [3.05, 3.63) is 52.0 Å². The molecule has 24 heavy (non-hydrogen) atoms. The molecule has 3 aromatic rings. The summed E-state index contributed by atoms with van der Waals surface area (Å²) < 4.78 is 13.2. The zero-order valence-corrected chi connectivity index (χ0v) is 14.3. The first-order valence-electron chi connectivity index (χ1n) is 6.68. The normalized spacial score (nSPS) is 10.6. The maximum atomic E-state index is 12.0. The quantitative estimate of drug-likeness (QED) is 0.695. The van der Waals surface area contributed by atoms with E-state index in [1.165, 1.54) is 18.2 Å². The van der Waals surface area contributed by atoms with E-state index < -0.39 is 18.5 Å². The van der Waals surface area contributed by atoms with Gasteiger partial charge in [-0.15, -0.1) is 0 Å². The van der Waals surface area contributed by atoms with Gasteiger partial charge in [-0.1, -0.05) is 29.3 Å². The Kier molecular flexibility index (Phi) is 4.94. The van der Waals surface area contributed by atoms with E-state index in [9.17, 15) is 9.59 Å². The van der Waals surface area contributed by atoms with Crippen molar-refractivity contribution in [3.63, 3.8) is 0 Å². The number of aromatic nitrogens is 2. The molecule has 0 radical (unpaired) electrons. The van der Waals surface area contributed by atoms with Crippen LogP contribution in [0.2, 0.25) is 10.0 Å². The summed E-state index contributed by atoms with van der Waals surface area (Å²) in [7, 11) is 0. The number of amides is 1. The minimum Gasteiger partial charge on any atom is -0.452 e. The van der Waals surface area contributed by atoms with E-state index >= 15 is 0 Å². The van der Waals surface area contributed by atoms with Gasteiger partial charge in [-0.3, -0.25) is 4.79 Å². The van der Waals surface area contributed by atoms with Crippen LogP contribution in [0.1, 0.15) is 10.4 Å². The van der Waals surface area contributed by atoms with Gasteiger partial charge in [0.15, 0.2) is 6.61 Å². The van der Waals surface area contributed by atoms with Crippen molar-refractivity contribution in [2.75, 3.05) is 11.9 Å². The molecule has 6 nitrogen and oxygen atoms in total. The molecule has 1 heterocycles. The fraction of sp³-hybridized carbons (Fsp3) is 0.0667. The molecule has 0 aliphatic heterocycles. The third-order valence-corrected chi connectivity index (χ3v) is 4.14. The first-order valence-corrected chi connectivity index (χ1v) is 8.16. The molecule has 0 unspecified atom stereocenters. The van der Waals surface area contributed by atoms with E-state index in [0.717, 1.165) is 11.7 Å². The lowest BCUT2D eigenvalue weighted by atomic mass is 10.2. The first kappa shape index (κ1) is 16.6. The molecule has 1 aromatic heterocycles. The Balaban J connectivity index is 1.63. The molecule has 0 fully saturated rings. The molecule has 0 bridgehead atoms. The molecule has 2 aromatic carbocycles. The Morgan fingerprint density at radius 3 is 2.79 bits per heavy atom. The number of ether oxygens (including phenoxy) is 1. The third kappa shape index (κ3) is 3.64. The minimum atomic E-state index is -0.708. The van der Waals surface area contributed by atoms with Crippen LogP contribution >= 0.6 is 34.9 Å². The average Bonchev–Trinajstić information content (AvgIpc) is 3.02. The number of carbonyl (C=O) groups is 2. The Morgan fingerprint density at radius 2 is 2.00 bits per heavy atom. The van der Waals surface area contributed by atoms with Crippen molar-refractivity contribution in [1.29, 1.82) is 0 Å². The van der Waals surface area contributed by atoms with E-state index in [0.29, 0.717) is 21.7 Å². The molecule has 0 saturated carbocycles. The van der Waals surface area contributed by atoms with Gasteiger partial charge in [-0.2, -0.15) is 8.75 Å². The summed E-state index contributed by atoms with van der Waals surface area (Å²) in [6.45, 7) is -0.453. The lowest BCUT2D eigenvalue weighted by Crippen LogP contribution is -2.21. The molecule has 0 saturated heterocycles. The second-order valence-corrected chi connectivity index (χ2v) is 6.06. The number of fused-ring (bicyclic) bond motifs is 1. The van der Waals surface area contributed by atoms with Gasteiger partial charge in [-0.25, -0.2) is 4.79 Å². The van der Waals surface area contributed by atoms with Crippen molar-refractivity contribution >= 4 is 63.5 Å². The first-order chi connectivity index (χ1) is 11.5. The summed E-state index contributed by atoms with van der Waals surface area (Å²) in [5.74, 6) is -1.20. The van der Waals surface area contributed by atoms with Crippen LogP contribution in [-0.2, 0) is 9.53 Å². The highest BCUT2D eigenvalue weighted by Crippen LogP contribution is 2.22. The molecule has 3 rings (SSSR count). The zero-order chi connectivity index (χ0) is 17.1. The number of esters is 1. The van der Waals surface area contributed by atoms with Gasteiger partial charge in [-0.05, 0) is 30.3 Å². The molecular formula is C15H9Cl2N3O3S. The maximum absolute atomic E-state index is 12.0.